The molecule has 0 bridgehead atoms. The van der Waals surface area contributed by atoms with Crippen molar-refractivity contribution in [2.75, 3.05) is 25.0 Å². The second kappa shape index (κ2) is 6.94. The van der Waals surface area contributed by atoms with Crippen LogP contribution in [-0.4, -0.2) is 40.4 Å². The highest BCUT2D eigenvalue weighted by Gasteiger charge is 2.29. The summed E-state index contributed by atoms with van der Waals surface area (Å²) in [6.07, 6.45) is 8.10. The van der Waals surface area contributed by atoms with Gasteiger partial charge in [-0.25, -0.2) is 0 Å². The van der Waals surface area contributed by atoms with Gasteiger partial charge in [0.1, 0.15) is 0 Å². The summed E-state index contributed by atoms with van der Waals surface area (Å²) < 4.78 is 2.06. The Balaban J connectivity index is 1.81. The molecule has 1 aliphatic rings. The summed E-state index contributed by atoms with van der Waals surface area (Å²) in [5.74, 6) is 0.893. The fourth-order valence-electron chi connectivity index (χ4n) is 2.61. The number of anilines is 1. The molecular formula is C15H28N4. The molecule has 0 radical (unpaired) electrons. The van der Waals surface area contributed by atoms with Gasteiger partial charge in [-0.2, -0.15) is 5.10 Å². The molecule has 1 heterocycles. The van der Waals surface area contributed by atoms with Gasteiger partial charge in [0.25, 0.3) is 0 Å². The van der Waals surface area contributed by atoms with E-state index in [0.717, 1.165) is 32.1 Å². The lowest BCUT2D eigenvalue weighted by Crippen LogP contribution is -2.27. The van der Waals surface area contributed by atoms with E-state index >= 15 is 0 Å². The largest absolute Gasteiger partial charge is 0.380 e. The van der Waals surface area contributed by atoms with E-state index in [1.807, 2.05) is 6.20 Å². The molecule has 108 valence electrons. The number of aromatic nitrogens is 2. The molecule has 1 aliphatic carbocycles. The molecular weight excluding hydrogens is 236 g/mol. The average Bonchev–Trinajstić information content (AvgIpc) is 3.18. The number of nitrogens with one attached hydrogen (secondary N) is 1. The summed E-state index contributed by atoms with van der Waals surface area (Å²) in [5, 5.41) is 8.08. The summed E-state index contributed by atoms with van der Waals surface area (Å²) in [6.45, 7) is 11.0. The first-order valence-electron chi connectivity index (χ1n) is 7.78. The summed E-state index contributed by atoms with van der Waals surface area (Å²) in [7, 11) is 0. The Morgan fingerprint density at radius 2 is 2.11 bits per heavy atom. The van der Waals surface area contributed by atoms with Crippen LogP contribution in [0.4, 0.5) is 5.69 Å². The van der Waals surface area contributed by atoms with Crippen LogP contribution in [0.15, 0.2) is 12.4 Å². The Morgan fingerprint density at radius 3 is 2.68 bits per heavy atom. The monoisotopic (exact) mass is 264 g/mol. The van der Waals surface area contributed by atoms with Crippen molar-refractivity contribution in [2.24, 2.45) is 5.92 Å². The first kappa shape index (κ1) is 14.4. The third-order valence-electron chi connectivity index (χ3n) is 4.16. The fraction of sp³-hybridized carbons (Fsp3) is 0.800. The molecule has 1 N–H and O–H groups in total. The molecule has 0 aromatic carbocycles. The standard InChI is InChI=1S/C15H28N4/c1-4-15(13-7-8-13)17-14-11-16-19(12-14)10-9-18(5-2)6-3/h11-13,15,17H,4-10H2,1-3H3. The maximum Gasteiger partial charge on any atom is 0.0728 e. The van der Waals surface area contributed by atoms with E-state index in [1.165, 1.54) is 24.9 Å². The number of hydrogen-bond acceptors (Lipinski definition) is 3. The van der Waals surface area contributed by atoms with Crippen molar-refractivity contribution in [3.63, 3.8) is 0 Å². The molecule has 4 nitrogen and oxygen atoms in total. The molecule has 2 rings (SSSR count). The van der Waals surface area contributed by atoms with Crippen LogP contribution in [0.25, 0.3) is 0 Å². The lowest BCUT2D eigenvalue weighted by Gasteiger charge is -2.17. The molecule has 0 amide bonds. The van der Waals surface area contributed by atoms with Crippen molar-refractivity contribution in [3.05, 3.63) is 12.4 Å². The maximum atomic E-state index is 4.45. The molecule has 1 unspecified atom stereocenters. The van der Waals surface area contributed by atoms with Crippen molar-refractivity contribution in [2.45, 2.75) is 52.6 Å². The van der Waals surface area contributed by atoms with Crippen LogP contribution in [0.5, 0.6) is 0 Å². The third-order valence-corrected chi connectivity index (χ3v) is 4.16. The lowest BCUT2D eigenvalue weighted by molar-refractivity contribution is 0.285. The quantitative estimate of drug-likeness (QED) is 0.744. The zero-order valence-electron chi connectivity index (χ0n) is 12.6. The van der Waals surface area contributed by atoms with Crippen molar-refractivity contribution in [1.82, 2.24) is 14.7 Å². The second-order valence-corrected chi connectivity index (χ2v) is 5.52. The van der Waals surface area contributed by atoms with E-state index in [4.69, 9.17) is 0 Å². The predicted molar refractivity (Wildman–Crippen MR) is 80.4 cm³/mol. The minimum atomic E-state index is 0.639. The van der Waals surface area contributed by atoms with Crippen LogP contribution in [0.1, 0.15) is 40.0 Å². The Bertz CT molecular complexity index is 366. The van der Waals surface area contributed by atoms with Gasteiger partial charge in [0, 0.05) is 18.8 Å². The van der Waals surface area contributed by atoms with Crippen LogP contribution in [0.3, 0.4) is 0 Å². The van der Waals surface area contributed by atoms with E-state index in [0.29, 0.717) is 6.04 Å². The fourth-order valence-corrected chi connectivity index (χ4v) is 2.61. The second-order valence-electron chi connectivity index (χ2n) is 5.52. The zero-order chi connectivity index (χ0) is 13.7. The number of rotatable bonds is 9. The molecule has 1 atom stereocenters. The van der Waals surface area contributed by atoms with Crippen molar-refractivity contribution in [1.29, 1.82) is 0 Å². The van der Waals surface area contributed by atoms with E-state index < -0.39 is 0 Å². The van der Waals surface area contributed by atoms with Gasteiger partial charge in [0.05, 0.1) is 18.4 Å². The van der Waals surface area contributed by atoms with Gasteiger partial charge in [-0.1, -0.05) is 20.8 Å². The molecule has 1 aromatic heterocycles. The smallest absolute Gasteiger partial charge is 0.0728 e. The zero-order valence-corrected chi connectivity index (χ0v) is 12.6. The molecule has 4 heteroatoms. The minimum Gasteiger partial charge on any atom is -0.380 e. The molecule has 0 spiro atoms. The van der Waals surface area contributed by atoms with Gasteiger partial charge in [-0.15, -0.1) is 0 Å². The van der Waals surface area contributed by atoms with E-state index in [9.17, 15) is 0 Å². The van der Waals surface area contributed by atoms with Crippen molar-refractivity contribution < 1.29 is 0 Å². The molecule has 1 aromatic rings. The van der Waals surface area contributed by atoms with Crippen molar-refractivity contribution in [3.8, 4) is 0 Å². The molecule has 0 aliphatic heterocycles. The summed E-state index contributed by atoms with van der Waals surface area (Å²) in [6, 6.07) is 0.639. The van der Waals surface area contributed by atoms with Crippen LogP contribution in [0.2, 0.25) is 0 Å². The lowest BCUT2D eigenvalue weighted by atomic mass is 10.1. The van der Waals surface area contributed by atoms with Gasteiger partial charge >= 0.3 is 0 Å². The molecule has 1 saturated carbocycles. The van der Waals surface area contributed by atoms with Gasteiger partial charge in [0.15, 0.2) is 0 Å². The summed E-state index contributed by atoms with van der Waals surface area (Å²) in [4.78, 5) is 2.42. The third kappa shape index (κ3) is 4.23. The molecule has 1 fully saturated rings. The molecule has 19 heavy (non-hydrogen) atoms. The van der Waals surface area contributed by atoms with Crippen LogP contribution >= 0.6 is 0 Å². The van der Waals surface area contributed by atoms with Crippen molar-refractivity contribution >= 4 is 5.69 Å². The van der Waals surface area contributed by atoms with Gasteiger partial charge in [-0.05, 0) is 38.3 Å². The normalized spacial score (nSPS) is 16.8. The average molecular weight is 264 g/mol. The highest BCUT2D eigenvalue weighted by atomic mass is 15.3. The topological polar surface area (TPSA) is 33.1 Å². The SMILES string of the molecule is CCC(Nc1cnn(CCN(CC)CC)c1)C1CC1. The first-order valence-corrected chi connectivity index (χ1v) is 7.78. The van der Waals surface area contributed by atoms with Crippen LogP contribution < -0.4 is 5.32 Å². The van der Waals surface area contributed by atoms with Crippen LogP contribution in [0, 0.1) is 5.92 Å². The number of hydrogen-bond donors (Lipinski definition) is 1. The Labute approximate surface area is 117 Å². The van der Waals surface area contributed by atoms with E-state index in [-0.39, 0.29) is 0 Å². The Hall–Kier alpha value is -1.03. The van der Waals surface area contributed by atoms with Gasteiger partial charge in [0.2, 0.25) is 0 Å². The minimum absolute atomic E-state index is 0.639. The van der Waals surface area contributed by atoms with E-state index in [2.05, 4.69) is 47.0 Å². The highest BCUT2D eigenvalue weighted by Crippen LogP contribution is 2.35. The first-order chi connectivity index (χ1) is 9.26. The number of likely N-dealkylation sites (N-methyl/N-ethyl adjacent to an activating group) is 1. The van der Waals surface area contributed by atoms with Gasteiger partial charge in [-0.3, -0.25) is 4.68 Å². The molecule has 0 saturated heterocycles. The predicted octanol–water partition coefficient (Wildman–Crippen LogP) is 2.83. The summed E-state index contributed by atoms with van der Waals surface area (Å²) in [5.41, 5.74) is 1.18. The summed E-state index contributed by atoms with van der Waals surface area (Å²) >= 11 is 0. The Kier molecular flexibility index (Phi) is 5.25. The van der Waals surface area contributed by atoms with Crippen LogP contribution in [-0.2, 0) is 6.54 Å². The highest BCUT2D eigenvalue weighted by molar-refractivity contribution is 5.39. The maximum absolute atomic E-state index is 4.45. The van der Waals surface area contributed by atoms with E-state index in [1.54, 1.807) is 0 Å². The Morgan fingerprint density at radius 1 is 1.37 bits per heavy atom. The number of nitrogens with zero attached hydrogens (tertiary/aromatic N) is 3. The van der Waals surface area contributed by atoms with Gasteiger partial charge < -0.3 is 10.2 Å².